The van der Waals surface area contributed by atoms with E-state index in [9.17, 15) is 9.90 Å². The third-order valence-corrected chi connectivity index (χ3v) is 2.98. The second-order valence-electron chi connectivity index (χ2n) is 4.50. The van der Waals surface area contributed by atoms with Crippen molar-refractivity contribution in [3.8, 4) is 5.75 Å². The van der Waals surface area contributed by atoms with Crippen LogP contribution in [0.3, 0.4) is 0 Å². The molecule has 0 aliphatic heterocycles. The normalized spacial score (nSPS) is 10.9. The van der Waals surface area contributed by atoms with Crippen molar-refractivity contribution in [2.45, 2.75) is 0 Å². The van der Waals surface area contributed by atoms with Gasteiger partial charge in [-0.15, -0.1) is 0 Å². The molecule has 0 spiro atoms. The number of nitrogens with one attached hydrogen (secondary N) is 1. The Morgan fingerprint density at radius 2 is 1.82 bits per heavy atom. The second kappa shape index (κ2) is 6.01. The molecule has 0 saturated carbocycles. The first kappa shape index (κ1) is 13.7. The van der Waals surface area contributed by atoms with Gasteiger partial charge in [0.15, 0.2) is 0 Å². The Morgan fingerprint density at radius 3 is 2.64 bits per heavy atom. The zero-order valence-electron chi connectivity index (χ0n) is 11.5. The Labute approximate surface area is 126 Å². The zero-order chi connectivity index (χ0) is 15.4. The molecular formula is C16H12N4O2. The maximum Gasteiger partial charge on any atom is 0.275 e. The Morgan fingerprint density at radius 1 is 1.09 bits per heavy atom. The number of para-hydroxylation sites is 3. The van der Waals surface area contributed by atoms with Gasteiger partial charge in [-0.1, -0.05) is 24.3 Å². The van der Waals surface area contributed by atoms with E-state index in [0.29, 0.717) is 5.69 Å². The first-order valence-corrected chi connectivity index (χ1v) is 6.57. The number of phenolic OH excluding ortho intramolecular Hbond substituents is 1. The van der Waals surface area contributed by atoms with E-state index in [0.717, 1.165) is 11.0 Å². The molecule has 2 N–H and O–H groups in total. The van der Waals surface area contributed by atoms with Gasteiger partial charge in [-0.25, -0.2) is 10.4 Å². The first-order valence-electron chi connectivity index (χ1n) is 6.57. The number of carbonyl (C=O) groups is 1. The van der Waals surface area contributed by atoms with Crippen LogP contribution in [0.15, 0.2) is 59.8 Å². The highest BCUT2D eigenvalue weighted by Gasteiger charge is 2.08. The molecule has 3 aromatic rings. The molecule has 6 heteroatoms. The lowest BCUT2D eigenvalue weighted by molar-refractivity contribution is 0.0952. The van der Waals surface area contributed by atoms with E-state index >= 15 is 0 Å². The highest BCUT2D eigenvalue weighted by atomic mass is 16.3. The molecule has 1 aromatic heterocycles. The predicted molar refractivity (Wildman–Crippen MR) is 82.7 cm³/mol. The summed E-state index contributed by atoms with van der Waals surface area (Å²) in [6, 6.07) is 13.7. The van der Waals surface area contributed by atoms with Crippen LogP contribution >= 0.6 is 0 Å². The van der Waals surface area contributed by atoms with Crippen LogP contribution < -0.4 is 5.43 Å². The van der Waals surface area contributed by atoms with Crippen molar-refractivity contribution in [1.82, 2.24) is 15.4 Å². The van der Waals surface area contributed by atoms with Crippen molar-refractivity contribution < 1.29 is 9.90 Å². The lowest BCUT2D eigenvalue weighted by Gasteiger charge is -2.02. The summed E-state index contributed by atoms with van der Waals surface area (Å²) in [5.41, 5.74) is 4.56. The van der Waals surface area contributed by atoms with Gasteiger partial charge in [0.1, 0.15) is 11.4 Å². The molecular weight excluding hydrogens is 280 g/mol. The number of aromatic nitrogens is 2. The molecule has 0 aliphatic rings. The highest BCUT2D eigenvalue weighted by molar-refractivity contribution is 5.97. The van der Waals surface area contributed by atoms with E-state index < -0.39 is 5.91 Å². The average molecular weight is 292 g/mol. The fraction of sp³-hybridized carbons (Fsp3) is 0. The molecule has 0 saturated heterocycles. The maximum absolute atomic E-state index is 11.8. The van der Waals surface area contributed by atoms with Gasteiger partial charge in [-0.3, -0.25) is 9.78 Å². The van der Waals surface area contributed by atoms with Crippen molar-refractivity contribution in [2.24, 2.45) is 5.10 Å². The van der Waals surface area contributed by atoms with Crippen LogP contribution in [0.4, 0.5) is 0 Å². The number of hydrazone groups is 1. The van der Waals surface area contributed by atoms with Crippen LogP contribution in [-0.2, 0) is 0 Å². The Balaban J connectivity index is 1.73. The number of carbonyl (C=O) groups excluding carboxylic acids is 1. The van der Waals surface area contributed by atoms with Gasteiger partial charge >= 0.3 is 0 Å². The van der Waals surface area contributed by atoms with Crippen molar-refractivity contribution in [3.05, 3.63) is 66.0 Å². The monoisotopic (exact) mass is 292 g/mol. The summed E-state index contributed by atoms with van der Waals surface area (Å²) < 4.78 is 0. The molecule has 0 bridgehead atoms. The summed E-state index contributed by atoms with van der Waals surface area (Å²) >= 11 is 0. The number of rotatable bonds is 3. The molecule has 0 fully saturated rings. The largest absolute Gasteiger partial charge is 0.507 e. The minimum Gasteiger partial charge on any atom is -0.507 e. The standard InChI is InChI=1S/C16H12N4O2/c21-15-8-4-1-5-12(15)16(22)20-18-10-11-9-17-13-6-2-3-7-14(13)19-11/h1-10,21H,(H,20,22)/b18-10+. The van der Waals surface area contributed by atoms with E-state index in [4.69, 9.17) is 0 Å². The van der Waals surface area contributed by atoms with Crippen LogP contribution in [0, 0.1) is 0 Å². The van der Waals surface area contributed by atoms with Crippen molar-refractivity contribution >= 4 is 23.2 Å². The molecule has 0 radical (unpaired) electrons. The van der Waals surface area contributed by atoms with Crippen LogP contribution in [-0.4, -0.2) is 27.2 Å². The summed E-state index contributed by atoms with van der Waals surface area (Å²) in [6.07, 6.45) is 2.97. The Hall–Kier alpha value is -3.28. The van der Waals surface area contributed by atoms with Crippen molar-refractivity contribution in [2.75, 3.05) is 0 Å². The quantitative estimate of drug-likeness (QED) is 0.571. The smallest absolute Gasteiger partial charge is 0.275 e. The number of hydrogen-bond donors (Lipinski definition) is 2. The second-order valence-corrected chi connectivity index (χ2v) is 4.50. The van der Waals surface area contributed by atoms with Gasteiger partial charge in [0.2, 0.25) is 0 Å². The third-order valence-electron chi connectivity index (χ3n) is 2.98. The number of benzene rings is 2. The predicted octanol–water partition coefficient (Wildman–Crippen LogP) is 2.10. The van der Waals surface area contributed by atoms with E-state index in [1.54, 1.807) is 18.3 Å². The van der Waals surface area contributed by atoms with Crippen molar-refractivity contribution in [1.29, 1.82) is 0 Å². The first-order chi connectivity index (χ1) is 10.7. The molecule has 0 atom stereocenters. The van der Waals surface area contributed by atoms with Gasteiger partial charge in [-0.05, 0) is 24.3 Å². The van der Waals surface area contributed by atoms with E-state index in [1.807, 2.05) is 24.3 Å². The van der Waals surface area contributed by atoms with Crippen molar-refractivity contribution in [3.63, 3.8) is 0 Å². The number of hydrogen-bond acceptors (Lipinski definition) is 5. The van der Waals surface area contributed by atoms with Crippen LogP contribution in [0.2, 0.25) is 0 Å². The number of fused-ring (bicyclic) bond motifs is 1. The number of nitrogens with zero attached hydrogens (tertiary/aromatic N) is 3. The van der Waals surface area contributed by atoms with Crippen LogP contribution in [0.1, 0.15) is 16.1 Å². The third kappa shape index (κ3) is 2.90. The molecule has 108 valence electrons. The number of phenols is 1. The highest BCUT2D eigenvalue weighted by Crippen LogP contribution is 2.14. The summed E-state index contributed by atoms with van der Waals surface area (Å²) in [6.45, 7) is 0. The van der Waals surface area contributed by atoms with E-state index in [-0.39, 0.29) is 11.3 Å². The molecule has 2 aromatic carbocycles. The fourth-order valence-corrected chi connectivity index (χ4v) is 1.92. The Kier molecular flexibility index (Phi) is 3.74. The van der Waals surface area contributed by atoms with Gasteiger partial charge < -0.3 is 5.11 Å². The number of aromatic hydroxyl groups is 1. The van der Waals surface area contributed by atoms with Gasteiger partial charge in [-0.2, -0.15) is 5.10 Å². The minimum absolute atomic E-state index is 0.0966. The topological polar surface area (TPSA) is 87.5 Å². The molecule has 3 rings (SSSR count). The summed E-state index contributed by atoms with van der Waals surface area (Å²) in [4.78, 5) is 20.4. The lowest BCUT2D eigenvalue weighted by atomic mass is 10.2. The summed E-state index contributed by atoms with van der Waals surface area (Å²) in [5.74, 6) is -0.594. The zero-order valence-corrected chi connectivity index (χ0v) is 11.5. The lowest BCUT2D eigenvalue weighted by Crippen LogP contribution is -2.17. The molecule has 0 aliphatic carbocycles. The summed E-state index contributed by atoms with van der Waals surface area (Å²) in [5, 5.41) is 13.4. The van der Waals surface area contributed by atoms with Gasteiger partial charge in [0.25, 0.3) is 5.91 Å². The fourth-order valence-electron chi connectivity index (χ4n) is 1.92. The summed E-state index contributed by atoms with van der Waals surface area (Å²) in [7, 11) is 0. The molecule has 1 amide bonds. The SMILES string of the molecule is O=C(N/N=C/c1cnc2ccccc2n1)c1ccccc1O. The molecule has 1 heterocycles. The van der Waals surface area contributed by atoms with Gasteiger partial charge in [0.05, 0.1) is 29.0 Å². The number of amides is 1. The average Bonchev–Trinajstić information content (AvgIpc) is 2.55. The molecule has 22 heavy (non-hydrogen) atoms. The minimum atomic E-state index is -0.497. The van der Waals surface area contributed by atoms with E-state index in [2.05, 4.69) is 20.5 Å². The van der Waals surface area contributed by atoms with E-state index in [1.165, 1.54) is 18.3 Å². The molecule has 6 nitrogen and oxygen atoms in total. The Bertz CT molecular complexity index is 861. The maximum atomic E-state index is 11.8. The van der Waals surface area contributed by atoms with Gasteiger partial charge in [0, 0.05) is 0 Å². The van der Waals surface area contributed by atoms with Crippen LogP contribution in [0.25, 0.3) is 11.0 Å². The molecule has 0 unspecified atom stereocenters. The van der Waals surface area contributed by atoms with Crippen LogP contribution in [0.5, 0.6) is 5.75 Å².